The van der Waals surface area contributed by atoms with Gasteiger partial charge >= 0.3 is 5.97 Å². The Balaban J connectivity index is 1.60. The normalized spacial score (nSPS) is 20.7. The molecule has 3 heteroatoms. The van der Waals surface area contributed by atoms with Crippen LogP contribution in [0.25, 0.3) is 0 Å². The highest BCUT2D eigenvalue weighted by Gasteiger charge is 2.40. The summed E-state index contributed by atoms with van der Waals surface area (Å²) in [6.45, 7) is 3.71. The van der Waals surface area contributed by atoms with Gasteiger partial charge in [0, 0.05) is 0 Å². The molecule has 0 amide bonds. The van der Waals surface area contributed by atoms with E-state index in [9.17, 15) is 4.79 Å². The average molecular weight is 211 g/mol. The van der Waals surface area contributed by atoms with Crippen molar-refractivity contribution in [1.82, 2.24) is 5.32 Å². The van der Waals surface area contributed by atoms with Gasteiger partial charge in [0.05, 0.1) is 13.2 Å². The number of esters is 1. The van der Waals surface area contributed by atoms with Crippen molar-refractivity contribution in [1.29, 1.82) is 0 Å². The monoisotopic (exact) mass is 211 g/mol. The number of carbonyl (C=O) groups excluding carboxylic acids is 1. The largest absolute Gasteiger partial charge is 0.465 e. The third-order valence-corrected chi connectivity index (χ3v) is 3.41. The summed E-state index contributed by atoms with van der Waals surface area (Å²) in [7, 11) is 0. The standard InChI is InChI=1S/C12H21NO2/c1-2-15-12(14)8-13-7-11(9-3-4-9)10-5-6-10/h9-11,13H,2-8H2,1H3. The number of hydrogen-bond acceptors (Lipinski definition) is 3. The lowest BCUT2D eigenvalue weighted by molar-refractivity contribution is -0.142. The maximum absolute atomic E-state index is 11.1. The van der Waals surface area contributed by atoms with Gasteiger partial charge in [-0.1, -0.05) is 0 Å². The van der Waals surface area contributed by atoms with Crippen LogP contribution in [-0.2, 0) is 9.53 Å². The Labute approximate surface area is 91.6 Å². The molecule has 2 rings (SSSR count). The Bertz CT molecular complexity index is 210. The van der Waals surface area contributed by atoms with Crippen LogP contribution >= 0.6 is 0 Å². The third-order valence-electron chi connectivity index (χ3n) is 3.41. The molecule has 2 fully saturated rings. The second kappa shape index (κ2) is 4.97. The summed E-state index contributed by atoms with van der Waals surface area (Å²) in [6, 6.07) is 0. The molecule has 0 saturated heterocycles. The van der Waals surface area contributed by atoms with Gasteiger partial charge in [0.15, 0.2) is 0 Å². The van der Waals surface area contributed by atoms with Crippen LogP contribution in [0, 0.1) is 17.8 Å². The van der Waals surface area contributed by atoms with E-state index in [1.54, 1.807) is 0 Å². The van der Waals surface area contributed by atoms with Crippen LogP contribution in [0.5, 0.6) is 0 Å². The summed E-state index contributed by atoms with van der Waals surface area (Å²) in [5, 5.41) is 3.24. The van der Waals surface area contributed by atoms with Crippen molar-refractivity contribution < 1.29 is 9.53 Å². The molecule has 0 radical (unpaired) electrons. The number of rotatable bonds is 7. The summed E-state index contributed by atoms with van der Waals surface area (Å²) >= 11 is 0. The number of hydrogen-bond donors (Lipinski definition) is 1. The molecule has 2 saturated carbocycles. The topological polar surface area (TPSA) is 38.3 Å². The van der Waals surface area contributed by atoms with Crippen LogP contribution in [0.15, 0.2) is 0 Å². The molecule has 86 valence electrons. The van der Waals surface area contributed by atoms with Crippen LogP contribution < -0.4 is 5.32 Å². The van der Waals surface area contributed by atoms with E-state index in [0.29, 0.717) is 13.2 Å². The van der Waals surface area contributed by atoms with Crippen molar-refractivity contribution in [3.05, 3.63) is 0 Å². The maximum atomic E-state index is 11.1. The molecule has 0 aromatic heterocycles. The van der Waals surface area contributed by atoms with Crippen molar-refractivity contribution in [2.75, 3.05) is 19.7 Å². The van der Waals surface area contributed by atoms with Gasteiger partial charge in [-0.25, -0.2) is 0 Å². The van der Waals surface area contributed by atoms with Crippen molar-refractivity contribution in [2.24, 2.45) is 17.8 Å². The minimum Gasteiger partial charge on any atom is -0.465 e. The molecule has 2 aliphatic rings. The molecule has 3 nitrogen and oxygen atoms in total. The zero-order valence-electron chi connectivity index (χ0n) is 9.50. The zero-order chi connectivity index (χ0) is 10.7. The van der Waals surface area contributed by atoms with Crippen LogP contribution in [0.3, 0.4) is 0 Å². The Hall–Kier alpha value is -0.570. The van der Waals surface area contributed by atoms with Crippen molar-refractivity contribution in [3.8, 4) is 0 Å². The Morgan fingerprint density at radius 3 is 2.40 bits per heavy atom. The van der Waals surface area contributed by atoms with Gasteiger partial charge in [-0.3, -0.25) is 4.79 Å². The predicted octanol–water partition coefficient (Wildman–Crippen LogP) is 1.58. The molecular formula is C12H21NO2. The van der Waals surface area contributed by atoms with E-state index in [2.05, 4.69) is 5.32 Å². The highest BCUT2D eigenvalue weighted by Crippen LogP contribution is 2.48. The summed E-state index contributed by atoms with van der Waals surface area (Å²) in [4.78, 5) is 11.1. The van der Waals surface area contributed by atoms with E-state index in [1.807, 2.05) is 6.92 Å². The molecule has 0 unspecified atom stereocenters. The van der Waals surface area contributed by atoms with E-state index in [4.69, 9.17) is 4.74 Å². The molecule has 0 aliphatic heterocycles. The van der Waals surface area contributed by atoms with E-state index in [-0.39, 0.29) is 5.97 Å². The molecule has 0 bridgehead atoms. The average Bonchev–Trinajstić information content (AvgIpc) is 3.03. The highest BCUT2D eigenvalue weighted by atomic mass is 16.5. The van der Waals surface area contributed by atoms with Crippen LogP contribution in [0.1, 0.15) is 32.6 Å². The molecule has 2 aliphatic carbocycles. The minimum atomic E-state index is -0.122. The second-order valence-corrected chi connectivity index (χ2v) is 4.77. The predicted molar refractivity (Wildman–Crippen MR) is 58.4 cm³/mol. The summed E-state index contributed by atoms with van der Waals surface area (Å²) in [5.41, 5.74) is 0. The highest BCUT2D eigenvalue weighted by molar-refractivity contribution is 5.71. The third kappa shape index (κ3) is 3.49. The van der Waals surface area contributed by atoms with Gasteiger partial charge in [-0.05, 0) is 56.9 Å². The lowest BCUT2D eigenvalue weighted by Crippen LogP contribution is -2.31. The van der Waals surface area contributed by atoms with Gasteiger partial charge in [0.2, 0.25) is 0 Å². The summed E-state index contributed by atoms with van der Waals surface area (Å²) < 4.78 is 4.87. The Morgan fingerprint density at radius 2 is 1.93 bits per heavy atom. The van der Waals surface area contributed by atoms with E-state index < -0.39 is 0 Å². The Kier molecular flexibility index (Phi) is 3.62. The first-order chi connectivity index (χ1) is 7.31. The second-order valence-electron chi connectivity index (χ2n) is 4.77. The lowest BCUT2D eigenvalue weighted by Gasteiger charge is -2.15. The van der Waals surface area contributed by atoms with Gasteiger partial charge in [0.25, 0.3) is 0 Å². The van der Waals surface area contributed by atoms with Gasteiger partial charge in [-0.15, -0.1) is 0 Å². The van der Waals surface area contributed by atoms with E-state index in [0.717, 1.165) is 24.3 Å². The van der Waals surface area contributed by atoms with Gasteiger partial charge in [0.1, 0.15) is 0 Å². The van der Waals surface area contributed by atoms with Crippen molar-refractivity contribution >= 4 is 5.97 Å². The maximum Gasteiger partial charge on any atom is 0.319 e. The van der Waals surface area contributed by atoms with Crippen molar-refractivity contribution in [3.63, 3.8) is 0 Å². The fourth-order valence-corrected chi connectivity index (χ4v) is 2.32. The lowest BCUT2D eigenvalue weighted by atomic mass is 9.98. The van der Waals surface area contributed by atoms with Crippen LogP contribution in [0.2, 0.25) is 0 Å². The molecule has 15 heavy (non-hydrogen) atoms. The van der Waals surface area contributed by atoms with Gasteiger partial charge in [-0.2, -0.15) is 0 Å². The Morgan fingerprint density at radius 1 is 1.33 bits per heavy atom. The molecule has 0 atom stereocenters. The van der Waals surface area contributed by atoms with Crippen LogP contribution in [0.4, 0.5) is 0 Å². The fraction of sp³-hybridized carbons (Fsp3) is 0.917. The number of carbonyl (C=O) groups is 1. The quantitative estimate of drug-likeness (QED) is 0.650. The minimum absolute atomic E-state index is 0.122. The van der Waals surface area contributed by atoms with E-state index >= 15 is 0 Å². The number of ether oxygens (including phenoxy) is 1. The summed E-state index contributed by atoms with van der Waals surface area (Å²) in [5.74, 6) is 2.61. The molecular weight excluding hydrogens is 190 g/mol. The van der Waals surface area contributed by atoms with Crippen molar-refractivity contribution in [2.45, 2.75) is 32.6 Å². The number of nitrogens with one attached hydrogen (secondary N) is 1. The first-order valence-corrected chi connectivity index (χ1v) is 6.17. The smallest absolute Gasteiger partial charge is 0.319 e. The zero-order valence-corrected chi connectivity index (χ0v) is 9.50. The molecule has 0 aromatic carbocycles. The van der Waals surface area contributed by atoms with Gasteiger partial charge < -0.3 is 10.1 Å². The fourth-order valence-electron chi connectivity index (χ4n) is 2.32. The molecule has 0 spiro atoms. The molecule has 0 heterocycles. The summed E-state index contributed by atoms with van der Waals surface area (Å²) in [6.07, 6.45) is 5.62. The van der Waals surface area contributed by atoms with E-state index in [1.165, 1.54) is 25.7 Å². The molecule has 0 aromatic rings. The first kappa shape index (κ1) is 10.9. The SMILES string of the molecule is CCOC(=O)CNCC(C1CC1)C1CC1. The molecule has 1 N–H and O–H groups in total. The first-order valence-electron chi connectivity index (χ1n) is 6.17. The van der Waals surface area contributed by atoms with Crippen LogP contribution in [-0.4, -0.2) is 25.7 Å².